The zero-order valence-corrected chi connectivity index (χ0v) is 11.0. The number of ether oxygens (including phenoxy) is 1. The molecule has 1 unspecified atom stereocenters. The number of hydrogen-bond donors (Lipinski definition) is 2. The first kappa shape index (κ1) is 13.4. The number of nitrogens with zero attached hydrogens (tertiary/aromatic N) is 1. The number of pyridine rings is 1. The molecule has 0 saturated heterocycles. The van der Waals surface area contributed by atoms with Gasteiger partial charge in [-0.25, -0.2) is 0 Å². The Morgan fingerprint density at radius 3 is 2.68 bits per heavy atom. The first-order valence-corrected chi connectivity index (χ1v) is 6.35. The van der Waals surface area contributed by atoms with Gasteiger partial charge in [-0.15, -0.1) is 0 Å². The Labute approximate surface area is 113 Å². The number of aromatic nitrogens is 1. The van der Waals surface area contributed by atoms with E-state index in [0.717, 1.165) is 24.3 Å². The highest BCUT2D eigenvalue weighted by molar-refractivity contribution is 5.37. The van der Waals surface area contributed by atoms with E-state index in [9.17, 15) is 0 Å². The van der Waals surface area contributed by atoms with Crippen LogP contribution in [-0.2, 0) is 0 Å². The highest BCUT2D eigenvalue weighted by Gasteiger charge is 2.05. The maximum atomic E-state index is 6.13. The molecule has 0 aliphatic rings. The molecule has 3 N–H and O–H groups in total. The molecular formula is C15H19N3O. The predicted molar refractivity (Wildman–Crippen MR) is 77.3 cm³/mol. The molecule has 0 bridgehead atoms. The molecule has 0 aliphatic heterocycles. The molecule has 2 aromatic rings. The summed E-state index contributed by atoms with van der Waals surface area (Å²) in [5, 5.41) is 3.25. The summed E-state index contributed by atoms with van der Waals surface area (Å²) in [5.41, 5.74) is 7.29. The fraction of sp³-hybridized carbons (Fsp3) is 0.267. The lowest BCUT2D eigenvalue weighted by Crippen LogP contribution is -2.15. The van der Waals surface area contributed by atoms with Crippen molar-refractivity contribution in [2.45, 2.75) is 12.5 Å². The molecule has 0 aliphatic carbocycles. The minimum atomic E-state index is 0.0410. The van der Waals surface area contributed by atoms with Crippen LogP contribution in [0.2, 0.25) is 0 Å². The lowest BCUT2D eigenvalue weighted by atomic mass is 10.1. The molecule has 0 spiro atoms. The molecule has 100 valence electrons. The third-order valence-electron chi connectivity index (χ3n) is 2.92. The summed E-state index contributed by atoms with van der Waals surface area (Å²) in [5.74, 6) is 1.41. The zero-order chi connectivity index (χ0) is 13.5. The Morgan fingerprint density at radius 1 is 1.16 bits per heavy atom. The number of nitrogens with two attached hydrogens (primary N) is 1. The minimum Gasteiger partial charge on any atom is -0.481 e. The predicted octanol–water partition coefficient (Wildman–Crippen LogP) is 2.59. The molecule has 0 radical (unpaired) electrons. The van der Waals surface area contributed by atoms with Crippen molar-refractivity contribution < 1.29 is 4.74 Å². The van der Waals surface area contributed by atoms with Crippen LogP contribution in [0, 0.1) is 0 Å². The summed E-state index contributed by atoms with van der Waals surface area (Å²) in [6, 6.07) is 15.8. The van der Waals surface area contributed by atoms with Gasteiger partial charge in [0.05, 0.1) is 7.11 Å². The summed E-state index contributed by atoms with van der Waals surface area (Å²) < 4.78 is 5.08. The Morgan fingerprint density at radius 2 is 1.95 bits per heavy atom. The zero-order valence-electron chi connectivity index (χ0n) is 11.0. The van der Waals surface area contributed by atoms with Crippen LogP contribution in [0.5, 0.6) is 5.88 Å². The van der Waals surface area contributed by atoms with Crippen molar-refractivity contribution in [3.63, 3.8) is 0 Å². The first-order chi connectivity index (χ1) is 9.29. The third-order valence-corrected chi connectivity index (χ3v) is 2.92. The van der Waals surface area contributed by atoms with Gasteiger partial charge in [0.25, 0.3) is 0 Å². The van der Waals surface area contributed by atoms with Crippen molar-refractivity contribution in [1.82, 2.24) is 4.98 Å². The molecular weight excluding hydrogens is 238 g/mol. The summed E-state index contributed by atoms with van der Waals surface area (Å²) in [6.07, 6.45) is 0.850. The smallest absolute Gasteiger partial charge is 0.214 e. The first-order valence-electron chi connectivity index (χ1n) is 6.35. The van der Waals surface area contributed by atoms with Crippen molar-refractivity contribution in [3.05, 3.63) is 54.1 Å². The average Bonchev–Trinajstić information content (AvgIpc) is 2.48. The number of benzene rings is 1. The molecule has 0 amide bonds. The van der Waals surface area contributed by atoms with Crippen molar-refractivity contribution in [2.24, 2.45) is 5.73 Å². The van der Waals surface area contributed by atoms with Gasteiger partial charge in [0.15, 0.2) is 0 Å². The SMILES string of the molecule is COc1cccc(NCCC(N)c2ccccc2)n1. The highest BCUT2D eigenvalue weighted by Crippen LogP contribution is 2.14. The quantitative estimate of drug-likeness (QED) is 0.835. The van der Waals surface area contributed by atoms with E-state index in [1.165, 1.54) is 0 Å². The maximum absolute atomic E-state index is 6.13. The molecule has 1 aromatic carbocycles. The third kappa shape index (κ3) is 3.96. The van der Waals surface area contributed by atoms with E-state index < -0.39 is 0 Å². The molecule has 1 atom stereocenters. The monoisotopic (exact) mass is 257 g/mol. The minimum absolute atomic E-state index is 0.0410. The van der Waals surface area contributed by atoms with Crippen LogP contribution in [0.3, 0.4) is 0 Å². The van der Waals surface area contributed by atoms with E-state index >= 15 is 0 Å². The van der Waals surface area contributed by atoms with Gasteiger partial charge in [-0.3, -0.25) is 0 Å². The van der Waals surface area contributed by atoms with E-state index in [0.29, 0.717) is 5.88 Å². The molecule has 19 heavy (non-hydrogen) atoms. The number of anilines is 1. The molecule has 1 heterocycles. The average molecular weight is 257 g/mol. The Hall–Kier alpha value is -2.07. The van der Waals surface area contributed by atoms with E-state index in [4.69, 9.17) is 10.5 Å². The van der Waals surface area contributed by atoms with Gasteiger partial charge >= 0.3 is 0 Å². The van der Waals surface area contributed by atoms with Gasteiger partial charge in [0.2, 0.25) is 5.88 Å². The van der Waals surface area contributed by atoms with Gasteiger partial charge < -0.3 is 15.8 Å². The largest absolute Gasteiger partial charge is 0.481 e. The van der Waals surface area contributed by atoms with Crippen LogP contribution in [0.25, 0.3) is 0 Å². The molecule has 4 heteroatoms. The molecule has 0 saturated carbocycles. The summed E-state index contributed by atoms with van der Waals surface area (Å²) in [7, 11) is 1.61. The molecule has 2 rings (SSSR count). The van der Waals surface area contributed by atoms with Crippen LogP contribution < -0.4 is 15.8 Å². The van der Waals surface area contributed by atoms with E-state index in [1.54, 1.807) is 7.11 Å². The lowest BCUT2D eigenvalue weighted by Gasteiger charge is -2.13. The number of rotatable bonds is 6. The lowest BCUT2D eigenvalue weighted by molar-refractivity contribution is 0.398. The van der Waals surface area contributed by atoms with E-state index in [-0.39, 0.29) is 6.04 Å². The standard InChI is InChI=1S/C15H19N3O/c1-19-15-9-5-8-14(18-15)17-11-10-13(16)12-6-3-2-4-7-12/h2-9,13H,10-11,16H2,1H3,(H,17,18). The van der Waals surface area contributed by atoms with Gasteiger partial charge in [-0.05, 0) is 18.1 Å². The van der Waals surface area contributed by atoms with E-state index in [1.807, 2.05) is 36.4 Å². The fourth-order valence-corrected chi connectivity index (χ4v) is 1.85. The molecule has 1 aromatic heterocycles. The Bertz CT molecular complexity index is 502. The normalized spacial score (nSPS) is 11.9. The van der Waals surface area contributed by atoms with Gasteiger partial charge in [-0.2, -0.15) is 4.98 Å². The summed E-state index contributed by atoms with van der Waals surface area (Å²) >= 11 is 0. The summed E-state index contributed by atoms with van der Waals surface area (Å²) in [6.45, 7) is 0.774. The highest BCUT2D eigenvalue weighted by atomic mass is 16.5. The Kier molecular flexibility index (Phi) is 4.75. The van der Waals surface area contributed by atoms with E-state index in [2.05, 4.69) is 22.4 Å². The van der Waals surface area contributed by atoms with Gasteiger partial charge in [0.1, 0.15) is 5.82 Å². The fourth-order valence-electron chi connectivity index (χ4n) is 1.85. The number of nitrogens with one attached hydrogen (secondary N) is 1. The van der Waals surface area contributed by atoms with Crippen LogP contribution in [0.4, 0.5) is 5.82 Å². The van der Waals surface area contributed by atoms with Crippen molar-refractivity contribution >= 4 is 5.82 Å². The maximum Gasteiger partial charge on any atom is 0.214 e. The van der Waals surface area contributed by atoms with Gasteiger partial charge in [0, 0.05) is 18.7 Å². The second-order valence-corrected chi connectivity index (χ2v) is 4.30. The molecule has 4 nitrogen and oxygen atoms in total. The van der Waals surface area contributed by atoms with Crippen molar-refractivity contribution in [2.75, 3.05) is 19.0 Å². The molecule has 0 fully saturated rings. The van der Waals surface area contributed by atoms with Crippen LogP contribution in [0.1, 0.15) is 18.0 Å². The second-order valence-electron chi connectivity index (χ2n) is 4.30. The van der Waals surface area contributed by atoms with Crippen LogP contribution in [-0.4, -0.2) is 18.6 Å². The summed E-state index contributed by atoms with van der Waals surface area (Å²) in [4.78, 5) is 4.29. The van der Waals surface area contributed by atoms with Crippen LogP contribution in [0.15, 0.2) is 48.5 Å². The van der Waals surface area contributed by atoms with Crippen molar-refractivity contribution in [1.29, 1.82) is 0 Å². The number of hydrogen-bond acceptors (Lipinski definition) is 4. The number of methoxy groups -OCH3 is 1. The van der Waals surface area contributed by atoms with Crippen LogP contribution >= 0.6 is 0 Å². The topological polar surface area (TPSA) is 60.2 Å². The van der Waals surface area contributed by atoms with Crippen molar-refractivity contribution in [3.8, 4) is 5.88 Å². The second kappa shape index (κ2) is 6.75. The Balaban J connectivity index is 1.83. The van der Waals surface area contributed by atoms with Gasteiger partial charge in [-0.1, -0.05) is 36.4 Å².